The van der Waals surface area contributed by atoms with Crippen LogP contribution in [0.25, 0.3) is 44.1 Å². The van der Waals surface area contributed by atoms with Crippen molar-refractivity contribution in [2.45, 2.75) is 6.67 Å². The first-order valence-corrected chi connectivity index (χ1v) is 9.32. The fourth-order valence-corrected chi connectivity index (χ4v) is 4.39. The summed E-state index contributed by atoms with van der Waals surface area (Å²) < 4.78 is 4.72. The van der Waals surface area contributed by atoms with Gasteiger partial charge in [0.15, 0.2) is 12.4 Å². The fraction of sp³-hybridized carbons (Fsp3) is 0.0400. The molecule has 5 aromatic rings. The molecule has 1 aliphatic rings. The largest absolute Gasteiger partial charge is 0.345 e. The molecule has 2 heteroatoms. The zero-order valence-electron chi connectivity index (χ0n) is 14.8. The summed E-state index contributed by atoms with van der Waals surface area (Å²) in [4.78, 5) is 0. The predicted molar refractivity (Wildman–Crippen MR) is 108 cm³/mol. The fourth-order valence-electron chi connectivity index (χ4n) is 4.39. The van der Waals surface area contributed by atoms with E-state index in [1.54, 1.807) is 0 Å². The van der Waals surface area contributed by atoms with E-state index in [4.69, 9.17) is 0 Å². The smallest absolute Gasteiger partial charge is 0.133 e. The Hall–Kier alpha value is -3.52. The highest BCUT2D eigenvalue weighted by atomic mass is 15.2. The van der Waals surface area contributed by atoms with Crippen LogP contribution in [0.5, 0.6) is 0 Å². The van der Waals surface area contributed by atoms with E-state index < -0.39 is 0 Å². The number of aromatic nitrogens is 2. The molecule has 1 aliphatic heterocycles. The maximum Gasteiger partial charge on any atom is 0.345 e. The zero-order valence-corrected chi connectivity index (χ0v) is 14.8. The lowest BCUT2D eigenvalue weighted by Crippen LogP contribution is -2.45. The van der Waals surface area contributed by atoms with Gasteiger partial charge in [0.2, 0.25) is 0 Å². The molecule has 0 atom stereocenters. The number of hydrogen-bond acceptors (Lipinski definition) is 0. The highest BCUT2D eigenvalue weighted by molar-refractivity contribution is 6.09. The lowest BCUT2D eigenvalue weighted by atomic mass is 9.97. The van der Waals surface area contributed by atoms with Gasteiger partial charge >= 0.3 is 6.67 Å². The highest BCUT2D eigenvalue weighted by Gasteiger charge is 2.33. The van der Waals surface area contributed by atoms with E-state index in [1.165, 1.54) is 44.1 Å². The summed E-state index contributed by atoms with van der Waals surface area (Å²) in [5.74, 6) is 0. The number of benzene rings is 3. The average Bonchev–Trinajstić information content (AvgIpc) is 3.13. The third-order valence-corrected chi connectivity index (χ3v) is 5.62. The van der Waals surface area contributed by atoms with E-state index >= 15 is 0 Å². The van der Waals surface area contributed by atoms with E-state index in [1.807, 2.05) is 0 Å². The van der Waals surface area contributed by atoms with Gasteiger partial charge in [-0.25, -0.2) is 0 Å². The molecule has 0 unspecified atom stereocenters. The van der Waals surface area contributed by atoms with E-state index in [9.17, 15) is 0 Å². The standard InChI is InChI=1S/C25H18N2/c1-3-7-18(8-4-1)20-13-15-26-17-27-16-14-21(19-9-5-2-6-10-19)23-12-11-22(20)24(26)25(23)27/h1-16H,17H2/q+2. The lowest BCUT2D eigenvalue weighted by Gasteiger charge is -2.05. The van der Waals surface area contributed by atoms with Crippen molar-refractivity contribution in [3.05, 3.63) is 97.3 Å². The van der Waals surface area contributed by atoms with Crippen LogP contribution in [0.2, 0.25) is 0 Å². The molecule has 0 saturated heterocycles. The summed E-state index contributed by atoms with van der Waals surface area (Å²) in [6, 6.07) is 30.4. The van der Waals surface area contributed by atoms with Gasteiger partial charge in [-0.3, -0.25) is 0 Å². The van der Waals surface area contributed by atoms with Gasteiger partial charge in [0.05, 0.1) is 10.8 Å². The molecule has 0 radical (unpaired) electrons. The first-order valence-electron chi connectivity index (χ1n) is 9.32. The first-order chi connectivity index (χ1) is 13.4. The molecule has 0 aliphatic carbocycles. The molecule has 3 heterocycles. The summed E-state index contributed by atoms with van der Waals surface area (Å²) in [7, 11) is 0. The number of hydrogen-bond donors (Lipinski definition) is 0. The Morgan fingerprint density at radius 3 is 1.37 bits per heavy atom. The molecule has 27 heavy (non-hydrogen) atoms. The molecule has 0 bridgehead atoms. The van der Waals surface area contributed by atoms with Crippen LogP contribution in [0.4, 0.5) is 0 Å². The van der Waals surface area contributed by atoms with Gasteiger partial charge < -0.3 is 0 Å². The topological polar surface area (TPSA) is 7.76 Å². The molecule has 0 amide bonds. The molecule has 0 N–H and O–H groups in total. The Morgan fingerprint density at radius 2 is 0.926 bits per heavy atom. The minimum atomic E-state index is 0.872. The lowest BCUT2D eigenvalue weighted by molar-refractivity contribution is -0.872. The van der Waals surface area contributed by atoms with Crippen molar-refractivity contribution in [1.29, 1.82) is 0 Å². The second-order valence-electron chi connectivity index (χ2n) is 7.13. The van der Waals surface area contributed by atoms with E-state index in [-0.39, 0.29) is 0 Å². The van der Waals surface area contributed by atoms with Gasteiger partial charge in [-0.2, -0.15) is 0 Å². The van der Waals surface area contributed by atoms with E-state index in [0.717, 1.165) is 6.67 Å². The Labute approximate surface area is 157 Å². The van der Waals surface area contributed by atoms with Crippen LogP contribution in [0, 0.1) is 0 Å². The van der Waals surface area contributed by atoms with Crippen LogP contribution in [0.15, 0.2) is 97.3 Å². The quantitative estimate of drug-likeness (QED) is 0.317. The summed E-state index contributed by atoms with van der Waals surface area (Å²) >= 11 is 0. The molecule has 6 rings (SSSR count). The van der Waals surface area contributed by atoms with Crippen molar-refractivity contribution in [1.82, 2.24) is 0 Å². The Balaban J connectivity index is 1.72. The monoisotopic (exact) mass is 346 g/mol. The minimum Gasteiger partial charge on any atom is -0.133 e. The molecule has 126 valence electrons. The van der Waals surface area contributed by atoms with Gasteiger partial charge in [0, 0.05) is 23.3 Å². The van der Waals surface area contributed by atoms with Crippen LogP contribution in [0.1, 0.15) is 0 Å². The summed E-state index contributed by atoms with van der Waals surface area (Å²) in [5, 5.41) is 2.63. The maximum absolute atomic E-state index is 2.36. The van der Waals surface area contributed by atoms with Gasteiger partial charge in [-0.05, 0) is 23.3 Å². The number of pyridine rings is 2. The van der Waals surface area contributed by atoms with Crippen LogP contribution in [0.3, 0.4) is 0 Å². The van der Waals surface area contributed by atoms with Crippen molar-refractivity contribution >= 4 is 21.8 Å². The Bertz CT molecular complexity index is 1220. The molecule has 2 nitrogen and oxygen atoms in total. The second kappa shape index (κ2) is 5.49. The zero-order chi connectivity index (χ0) is 17.8. The molecule has 3 aromatic carbocycles. The predicted octanol–water partition coefficient (Wildman–Crippen LogP) is 4.72. The van der Waals surface area contributed by atoms with E-state index in [2.05, 4.69) is 106 Å². The summed E-state index contributed by atoms with van der Waals surface area (Å²) in [6.45, 7) is 0.872. The van der Waals surface area contributed by atoms with Crippen LogP contribution in [-0.2, 0) is 6.67 Å². The van der Waals surface area contributed by atoms with Gasteiger partial charge in [0.1, 0.15) is 0 Å². The normalized spacial score (nSPS) is 12.3. The summed E-state index contributed by atoms with van der Waals surface area (Å²) in [5.41, 5.74) is 7.77. The molecule has 0 saturated carbocycles. The highest BCUT2D eigenvalue weighted by Crippen LogP contribution is 2.34. The average molecular weight is 346 g/mol. The van der Waals surface area contributed by atoms with Crippen molar-refractivity contribution in [2.75, 3.05) is 0 Å². The number of rotatable bonds is 2. The molecule has 2 aromatic heterocycles. The molecule has 0 fully saturated rings. The molecular weight excluding hydrogens is 328 g/mol. The van der Waals surface area contributed by atoms with Crippen LogP contribution in [-0.4, -0.2) is 0 Å². The van der Waals surface area contributed by atoms with E-state index in [0.29, 0.717) is 0 Å². The minimum absolute atomic E-state index is 0.872. The second-order valence-corrected chi connectivity index (χ2v) is 7.13. The Kier molecular flexibility index (Phi) is 2.97. The number of nitrogens with zero attached hydrogens (tertiary/aromatic N) is 2. The SMILES string of the molecule is c1ccc(-c2cc[n+]3c4c2ccc2c(-c5ccccc5)cc[n+](c24)C3)cc1. The third kappa shape index (κ3) is 2.07. The van der Waals surface area contributed by atoms with Crippen LogP contribution < -0.4 is 9.13 Å². The maximum atomic E-state index is 2.36. The van der Waals surface area contributed by atoms with Gasteiger partial charge in [-0.1, -0.05) is 60.7 Å². The third-order valence-electron chi connectivity index (χ3n) is 5.62. The Morgan fingerprint density at radius 1 is 0.481 bits per heavy atom. The van der Waals surface area contributed by atoms with Crippen molar-refractivity contribution in [2.24, 2.45) is 0 Å². The van der Waals surface area contributed by atoms with Gasteiger partial charge in [0.25, 0.3) is 11.0 Å². The molecular formula is C25H18N2+2. The van der Waals surface area contributed by atoms with Crippen molar-refractivity contribution in [3.8, 4) is 22.3 Å². The van der Waals surface area contributed by atoms with Crippen LogP contribution >= 0.6 is 0 Å². The van der Waals surface area contributed by atoms with Crippen molar-refractivity contribution in [3.63, 3.8) is 0 Å². The summed E-state index contributed by atoms with van der Waals surface area (Å²) in [6.07, 6.45) is 4.44. The van der Waals surface area contributed by atoms with Crippen molar-refractivity contribution < 1.29 is 9.13 Å². The first kappa shape index (κ1) is 14.6. The molecule has 0 spiro atoms. The van der Waals surface area contributed by atoms with Gasteiger partial charge in [-0.15, -0.1) is 9.13 Å².